The maximum atomic E-state index is 12.4. The van der Waals surface area contributed by atoms with Crippen LogP contribution in [0.15, 0.2) is 53.3 Å². The van der Waals surface area contributed by atoms with Crippen LogP contribution in [-0.2, 0) is 20.9 Å². The Morgan fingerprint density at radius 2 is 1.70 bits per heavy atom. The van der Waals surface area contributed by atoms with Crippen molar-refractivity contribution < 1.29 is 24.2 Å². The summed E-state index contributed by atoms with van der Waals surface area (Å²) in [6.07, 6.45) is -1.56. The molecule has 0 aliphatic heterocycles. The van der Waals surface area contributed by atoms with Crippen LogP contribution in [0.3, 0.4) is 0 Å². The number of H-pyrrole nitrogens is 2. The molecule has 3 aromatic rings. The van der Waals surface area contributed by atoms with Crippen molar-refractivity contribution in [2.45, 2.75) is 24.9 Å². The summed E-state index contributed by atoms with van der Waals surface area (Å²) in [6, 6.07) is 14.3. The number of aliphatic carboxylic acids is 1. The van der Waals surface area contributed by atoms with Crippen molar-refractivity contribution in [1.82, 2.24) is 25.8 Å². The number of ether oxygens (including phenoxy) is 1. The standard InChI is InChI=1S/C22H21N5O6/c28-19(29)9-17(20(30)23-10-18-25-21(31)27-26-18)24-22(32)33-11-16-14-7-3-1-5-12(14)13-6-2-4-8-15(13)16/h1-8,16-17H,9-11H2,(H,23,30)(H,24,32)(H,28,29)(H2,25,26,27,31). The van der Waals surface area contributed by atoms with E-state index < -0.39 is 36.1 Å². The van der Waals surface area contributed by atoms with Gasteiger partial charge in [0, 0.05) is 5.92 Å². The van der Waals surface area contributed by atoms with E-state index in [4.69, 9.17) is 9.84 Å². The SMILES string of the molecule is O=C(O)CC(NC(=O)OCC1c2ccccc2-c2ccccc21)C(=O)NCc1n[nH]c(=O)[nH]1. The number of nitrogens with one attached hydrogen (secondary N) is 4. The molecule has 0 fully saturated rings. The molecule has 2 amide bonds. The van der Waals surface area contributed by atoms with E-state index in [9.17, 15) is 19.2 Å². The average molecular weight is 451 g/mol. The summed E-state index contributed by atoms with van der Waals surface area (Å²) in [5.41, 5.74) is 3.65. The van der Waals surface area contributed by atoms with Gasteiger partial charge in [-0.15, -0.1) is 0 Å². The van der Waals surface area contributed by atoms with Crippen LogP contribution < -0.4 is 16.3 Å². The predicted octanol–water partition coefficient (Wildman–Crippen LogP) is 1.10. The molecule has 2 aromatic carbocycles. The Balaban J connectivity index is 1.39. The average Bonchev–Trinajstić information content (AvgIpc) is 3.36. The highest BCUT2D eigenvalue weighted by atomic mass is 16.5. The van der Waals surface area contributed by atoms with E-state index in [2.05, 4.69) is 25.8 Å². The van der Waals surface area contributed by atoms with Crippen molar-refractivity contribution in [2.75, 3.05) is 6.61 Å². The molecule has 33 heavy (non-hydrogen) atoms. The van der Waals surface area contributed by atoms with Crippen molar-refractivity contribution in [3.63, 3.8) is 0 Å². The number of aromatic amines is 2. The number of benzene rings is 2. The number of alkyl carbamates (subject to hydrolysis) is 1. The monoisotopic (exact) mass is 451 g/mol. The van der Waals surface area contributed by atoms with Gasteiger partial charge in [-0.25, -0.2) is 14.7 Å². The van der Waals surface area contributed by atoms with Crippen LogP contribution in [0, 0.1) is 0 Å². The molecule has 4 rings (SSSR count). The number of carboxylic acids is 1. The number of hydrogen-bond acceptors (Lipinski definition) is 6. The van der Waals surface area contributed by atoms with Crippen LogP contribution in [-0.4, -0.2) is 50.9 Å². The number of amides is 2. The molecule has 0 spiro atoms. The van der Waals surface area contributed by atoms with Gasteiger partial charge in [0.25, 0.3) is 0 Å². The van der Waals surface area contributed by atoms with Gasteiger partial charge in [0.1, 0.15) is 18.5 Å². The topological polar surface area (TPSA) is 166 Å². The van der Waals surface area contributed by atoms with E-state index >= 15 is 0 Å². The van der Waals surface area contributed by atoms with Crippen molar-refractivity contribution in [1.29, 1.82) is 0 Å². The van der Waals surface area contributed by atoms with Gasteiger partial charge in [-0.1, -0.05) is 48.5 Å². The quantitative estimate of drug-likeness (QED) is 0.342. The molecule has 0 radical (unpaired) electrons. The fraction of sp³-hybridized carbons (Fsp3) is 0.227. The van der Waals surface area contributed by atoms with E-state index in [1.807, 2.05) is 48.5 Å². The van der Waals surface area contributed by atoms with Gasteiger partial charge in [0.2, 0.25) is 5.91 Å². The lowest BCUT2D eigenvalue weighted by Gasteiger charge is -2.18. The lowest BCUT2D eigenvalue weighted by Crippen LogP contribution is -2.48. The third-order valence-corrected chi connectivity index (χ3v) is 5.31. The summed E-state index contributed by atoms with van der Waals surface area (Å²) < 4.78 is 5.38. The first-order valence-electron chi connectivity index (χ1n) is 10.2. The third-order valence-electron chi connectivity index (χ3n) is 5.31. The molecule has 11 heteroatoms. The van der Waals surface area contributed by atoms with E-state index in [0.717, 1.165) is 22.3 Å². The summed E-state index contributed by atoms with van der Waals surface area (Å²) in [4.78, 5) is 49.4. The van der Waals surface area contributed by atoms with Crippen molar-refractivity contribution in [3.8, 4) is 11.1 Å². The highest BCUT2D eigenvalue weighted by Gasteiger charge is 2.30. The number of carbonyl (C=O) groups excluding carboxylic acids is 2. The van der Waals surface area contributed by atoms with Gasteiger partial charge < -0.3 is 20.5 Å². The molecule has 0 bridgehead atoms. The van der Waals surface area contributed by atoms with Crippen LogP contribution in [0.5, 0.6) is 0 Å². The zero-order chi connectivity index (χ0) is 23.4. The number of carbonyl (C=O) groups is 3. The predicted molar refractivity (Wildman–Crippen MR) is 115 cm³/mol. The molecular weight excluding hydrogens is 430 g/mol. The van der Waals surface area contributed by atoms with Crippen LogP contribution in [0.2, 0.25) is 0 Å². The van der Waals surface area contributed by atoms with Crippen molar-refractivity contribution in [2.24, 2.45) is 0 Å². The minimum Gasteiger partial charge on any atom is -0.481 e. The lowest BCUT2D eigenvalue weighted by molar-refractivity contribution is -0.139. The Hall–Kier alpha value is -4.41. The van der Waals surface area contributed by atoms with Gasteiger partial charge in [-0.3, -0.25) is 14.6 Å². The molecule has 1 unspecified atom stereocenters. The molecule has 11 nitrogen and oxygen atoms in total. The Labute approximate surface area is 187 Å². The molecule has 0 saturated heterocycles. The summed E-state index contributed by atoms with van der Waals surface area (Å²) in [5.74, 6) is -2.05. The zero-order valence-corrected chi connectivity index (χ0v) is 17.3. The number of rotatable bonds is 8. The molecule has 0 saturated carbocycles. The Bertz CT molecular complexity index is 1200. The Morgan fingerprint density at radius 3 is 2.27 bits per heavy atom. The van der Waals surface area contributed by atoms with Crippen molar-refractivity contribution in [3.05, 3.63) is 76.0 Å². The Kier molecular flexibility index (Phi) is 6.20. The molecule has 1 aliphatic rings. The van der Waals surface area contributed by atoms with Gasteiger partial charge in [-0.2, -0.15) is 5.10 Å². The Morgan fingerprint density at radius 1 is 1.06 bits per heavy atom. The highest BCUT2D eigenvalue weighted by molar-refractivity contribution is 5.89. The smallest absolute Gasteiger partial charge is 0.407 e. The van der Waals surface area contributed by atoms with Crippen LogP contribution in [0.4, 0.5) is 4.79 Å². The van der Waals surface area contributed by atoms with E-state index in [0.29, 0.717) is 0 Å². The highest BCUT2D eigenvalue weighted by Crippen LogP contribution is 2.44. The first-order chi connectivity index (χ1) is 15.9. The molecule has 5 N–H and O–H groups in total. The number of aromatic nitrogens is 3. The number of nitrogens with zero attached hydrogens (tertiary/aromatic N) is 1. The fourth-order valence-corrected chi connectivity index (χ4v) is 3.85. The van der Waals surface area contributed by atoms with E-state index in [-0.39, 0.29) is 24.9 Å². The summed E-state index contributed by atoms with van der Waals surface area (Å²) in [5, 5.41) is 19.6. The van der Waals surface area contributed by atoms with E-state index in [1.165, 1.54) is 0 Å². The third kappa shape index (κ3) is 4.92. The lowest BCUT2D eigenvalue weighted by atomic mass is 9.98. The summed E-state index contributed by atoms with van der Waals surface area (Å²) in [7, 11) is 0. The zero-order valence-electron chi connectivity index (χ0n) is 17.3. The van der Waals surface area contributed by atoms with Gasteiger partial charge >= 0.3 is 17.8 Å². The van der Waals surface area contributed by atoms with Crippen LogP contribution in [0.25, 0.3) is 11.1 Å². The number of hydrogen-bond donors (Lipinski definition) is 5. The molecule has 1 atom stereocenters. The second-order valence-electron chi connectivity index (χ2n) is 7.46. The summed E-state index contributed by atoms with van der Waals surface area (Å²) >= 11 is 0. The first kappa shape index (κ1) is 21.8. The normalized spacial score (nSPS) is 13.0. The molecule has 170 valence electrons. The molecule has 1 heterocycles. The first-order valence-corrected chi connectivity index (χ1v) is 10.2. The largest absolute Gasteiger partial charge is 0.481 e. The van der Waals surface area contributed by atoms with Crippen LogP contribution in [0.1, 0.15) is 29.3 Å². The summed E-state index contributed by atoms with van der Waals surface area (Å²) in [6.45, 7) is -0.129. The molecule has 1 aliphatic carbocycles. The van der Waals surface area contributed by atoms with Crippen molar-refractivity contribution >= 4 is 18.0 Å². The maximum absolute atomic E-state index is 12.4. The number of carboxylic acid groups (broad SMARTS) is 1. The minimum absolute atomic E-state index is 0.0236. The maximum Gasteiger partial charge on any atom is 0.407 e. The van der Waals surface area contributed by atoms with Gasteiger partial charge in [0.15, 0.2) is 0 Å². The van der Waals surface area contributed by atoms with Gasteiger partial charge in [0.05, 0.1) is 13.0 Å². The van der Waals surface area contributed by atoms with Crippen LogP contribution >= 0.6 is 0 Å². The molecular formula is C22H21N5O6. The second-order valence-corrected chi connectivity index (χ2v) is 7.46. The van der Waals surface area contributed by atoms with Gasteiger partial charge in [-0.05, 0) is 22.3 Å². The number of fused-ring (bicyclic) bond motifs is 3. The fourth-order valence-electron chi connectivity index (χ4n) is 3.85. The minimum atomic E-state index is -1.37. The molecule has 1 aromatic heterocycles. The second kappa shape index (κ2) is 9.39. The van der Waals surface area contributed by atoms with E-state index in [1.54, 1.807) is 0 Å².